The van der Waals surface area contributed by atoms with E-state index in [9.17, 15) is 4.79 Å². The fourth-order valence-corrected chi connectivity index (χ4v) is 2.87. The highest BCUT2D eigenvalue weighted by Gasteiger charge is 2.19. The molecule has 0 saturated heterocycles. The standard InChI is InChI=1S/C23H24O6/c1-14(2)10-11-28-23-21(24)17-8-7-16(25-3)13-19(17)29-22(23)15-6-9-18(26-4)20(12-15)27-5/h6-10,12-13H,11H2,1-5H3. The molecule has 3 rings (SSSR count). The number of fused-ring (bicyclic) bond motifs is 1. The van der Waals surface area contributed by atoms with Crippen molar-refractivity contribution in [1.29, 1.82) is 0 Å². The largest absolute Gasteiger partial charge is 0.497 e. The first kappa shape index (κ1) is 20.3. The summed E-state index contributed by atoms with van der Waals surface area (Å²) in [6, 6.07) is 10.4. The summed E-state index contributed by atoms with van der Waals surface area (Å²) >= 11 is 0. The molecule has 6 nitrogen and oxygen atoms in total. The molecule has 3 aromatic rings. The molecule has 0 unspecified atom stereocenters. The maximum Gasteiger partial charge on any atom is 0.235 e. The molecule has 0 N–H and O–H groups in total. The molecule has 1 aromatic heterocycles. The molecule has 0 aliphatic rings. The van der Waals surface area contributed by atoms with Crippen molar-refractivity contribution in [3.05, 3.63) is 58.3 Å². The van der Waals surface area contributed by atoms with Crippen molar-refractivity contribution < 1.29 is 23.4 Å². The summed E-state index contributed by atoms with van der Waals surface area (Å²) in [7, 11) is 4.68. The molecule has 152 valence electrons. The molecular formula is C23H24O6. The summed E-state index contributed by atoms with van der Waals surface area (Å²) in [5, 5.41) is 0.419. The number of rotatable bonds is 7. The number of benzene rings is 2. The number of hydrogen-bond acceptors (Lipinski definition) is 6. The zero-order chi connectivity index (χ0) is 21.0. The Hall–Kier alpha value is -3.41. The van der Waals surface area contributed by atoms with Crippen molar-refractivity contribution >= 4 is 11.0 Å². The third-order valence-electron chi connectivity index (χ3n) is 4.42. The summed E-state index contributed by atoms with van der Waals surface area (Å²) in [6.07, 6.45) is 1.90. The minimum absolute atomic E-state index is 0.146. The van der Waals surface area contributed by atoms with Crippen molar-refractivity contribution in [2.75, 3.05) is 27.9 Å². The van der Waals surface area contributed by atoms with Gasteiger partial charge in [0.2, 0.25) is 11.2 Å². The van der Waals surface area contributed by atoms with E-state index >= 15 is 0 Å². The lowest BCUT2D eigenvalue weighted by Crippen LogP contribution is -2.10. The second kappa shape index (κ2) is 8.73. The third-order valence-corrected chi connectivity index (χ3v) is 4.42. The van der Waals surface area contributed by atoms with Crippen LogP contribution >= 0.6 is 0 Å². The van der Waals surface area contributed by atoms with Crippen molar-refractivity contribution in [2.24, 2.45) is 0 Å². The molecule has 0 aliphatic carbocycles. The zero-order valence-corrected chi connectivity index (χ0v) is 17.2. The first-order valence-corrected chi connectivity index (χ1v) is 9.12. The molecule has 29 heavy (non-hydrogen) atoms. The highest BCUT2D eigenvalue weighted by molar-refractivity contribution is 5.83. The van der Waals surface area contributed by atoms with Crippen LogP contribution in [0.4, 0.5) is 0 Å². The van der Waals surface area contributed by atoms with E-state index < -0.39 is 0 Å². The molecule has 1 heterocycles. The van der Waals surface area contributed by atoms with E-state index in [2.05, 4.69) is 0 Å². The van der Waals surface area contributed by atoms with Gasteiger partial charge in [-0.15, -0.1) is 0 Å². The van der Waals surface area contributed by atoms with Gasteiger partial charge in [-0.2, -0.15) is 0 Å². The molecule has 0 radical (unpaired) electrons. The van der Waals surface area contributed by atoms with Gasteiger partial charge < -0.3 is 23.4 Å². The van der Waals surface area contributed by atoms with Gasteiger partial charge in [-0.25, -0.2) is 0 Å². The molecule has 0 amide bonds. The highest BCUT2D eigenvalue weighted by atomic mass is 16.5. The van der Waals surface area contributed by atoms with Crippen molar-refractivity contribution in [3.8, 4) is 34.3 Å². The molecule has 0 atom stereocenters. The summed E-state index contributed by atoms with van der Waals surface area (Å²) in [5.41, 5.74) is 1.89. The van der Waals surface area contributed by atoms with Crippen LogP contribution in [-0.4, -0.2) is 27.9 Å². The summed E-state index contributed by atoms with van der Waals surface area (Å²) < 4.78 is 27.9. The predicted octanol–water partition coefficient (Wildman–Crippen LogP) is 4.83. The quantitative estimate of drug-likeness (QED) is 0.533. The normalized spacial score (nSPS) is 10.5. The van der Waals surface area contributed by atoms with Gasteiger partial charge in [0.05, 0.1) is 26.7 Å². The number of hydrogen-bond donors (Lipinski definition) is 0. The van der Waals surface area contributed by atoms with Gasteiger partial charge in [0.25, 0.3) is 0 Å². The molecule has 0 fully saturated rings. The van der Waals surface area contributed by atoms with E-state index in [4.69, 9.17) is 23.4 Å². The fraction of sp³-hybridized carbons (Fsp3) is 0.261. The maximum atomic E-state index is 13.2. The topological polar surface area (TPSA) is 67.1 Å². The lowest BCUT2D eigenvalue weighted by molar-refractivity contribution is 0.349. The summed E-state index contributed by atoms with van der Waals surface area (Å²) in [4.78, 5) is 13.2. The minimum atomic E-state index is -0.249. The van der Waals surface area contributed by atoms with E-state index in [1.807, 2.05) is 19.9 Å². The molecular weight excluding hydrogens is 372 g/mol. The first-order valence-electron chi connectivity index (χ1n) is 9.12. The van der Waals surface area contributed by atoms with Crippen LogP contribution in [0.5, 0.6) is 23.0 Å². The lowest BCUT2D eigenvalue weighted by Gasteiger charge is -2.13. The Morgan fingerprint density at radius 1 is 0.966 bits per heavy atom. The van der Waals surface area contributed by atoms with E-state index in [1.54, 1.807) is 57.7 Å². The summed E-state index contributed by atoms with van der Waals surface area (Å²) in [5.74, 6) is 2.16. The van der Waals surface area contributed by atoms with E-state index in [0.717, 1.165) is 5.57 Å². The van der Waals surface area contributed by atoms with E-state index in [1.165, 1.54) is 0 Å². The van der Waals surface area contributed by atoms with Gasteiger partial charge in [-0.3, -0.25) is 4.79 Å². The first-order chi connectivity index (χ1) is 14.0. The van der Waals surface area contributed by atoms with Crippen LogP contribution in [0, 0.1) is 0 Å². The lowest BCUT2D eigenvalue weighted by atomic mass is 10.1. The average molecular weight is 396 g/mol. The summed E-state index contributed by atoms with van der Waals surface area (Å²) in [6.45, 7) is 4.19. The van der Waals surface area contributed by atoms with E-state index in [0.29, 0.717) is 39.5 Å². The van der Waals surface area contributed by atoms with Crippen LogP contribution in [0.1, 0.15) is 13.8 Å². The minimum Gasteiger partial charge on any atom is -0.497 e. The van der Waals surface area contributed by atoms with Gasteiger partial charge in [-0.05, 0) is 50.3 Å². The van der Waals surface area contributed by atoms with Crippen LogP contribution in [0.15, 0.2) is 57.3 Å². The zero-order valence-electron chi connectivity index (χ0n) is 17.2. The fourth-order valence-electron chi connectivity index (χ4n) is 2.87. The highest BCUT2D eigenvalue weighted by Crippen LogP contribution is 2.37. The number of ether oxygens (including phenoxy) is 4. The van der Waals surface area contributed by atoms with Crippen LogP contribution in [0.2, 0.25) is 0 Å². The Balaban J connectivity index is 2.24. The smallest absolute Gasteiger partial charge is 0.235 e. The number of allylic oxidation sites excluding steroid dienone is 1. The van der Waals surface area contributed by atoms with Gasteiger partial charge in [-0.1, -0.05) is 5.57 Å². The third kappa shape index (κ3) is 4.21. The van der Waals surface area contributed by atoms with Crippen molar-refractivity contribution in [3.63, 3.8) is 0 Å². The monoisotopic (exact) mass is 396 g/mol. The van der Waals surface area contributed by atoms with Gasteiger partial charge >= 0.3 is 0 Å². The average Bonchev–Trinajstić information content (AvgIpc) is 2.73. The van der Waals surface area contributed by atoms with Crippen molar-refractivity contribution in [1.82, 2.24) is 0 Å². The maximum absolute atomic E-state index is 13.2. The van der Waals surface area contributed by atoms with E-state index in [-0.39, 0.29) is 17.8 Å². The molecule has 0 bridgehead atoms. The SMILES string of the molecule is COc1ccc2c(=O)c(OCC=C(C)C)c(-c3ccc(OC)c(OC)c3)oc2c1. The van der Waals surface area contributed by atoms with Crippen LogP contribution in [-0.2, 0) is 0 Å². The Kier molecular flexibility index (Phi) is 6.12. The number of methoxy groups -OCH3 is 3. The molecule has 6 heteroatoms. The van der Waals surface area contributed by atoms with Gasteiger partial charge in [0, 0.05) is 11.6 Å². The Bertz CT molecular complexity index is 1110. The predicted molar refractivity (Wildman–Crippen MR) is 113 cm³/mol. The second-order valence-electron chi connectivity index (χ2n) is 6.61. The second-order valence-corrected chi connectivity index (χ2v) is 6.61. The van der Waals surface area contributed by atoms with Crippen LogP contribution in [0.3, 0.4) is 0 Å². The molecule has 0 spiro atoms. The molecule has 0 saturated carbocycles. The Morgan fingerprint density at radius 3 is 2.38 bits per heavy atom. The Labute approximate surface area is 169 Å². The van der Waals surface area contributed by atoms with Gasteiger partial charge in [0.15, 0.2) is 17.3 Å². The van der Waals surface area contributed by atoms with Crippen molar-refractivity contribution in [2.45, 2.75) is 13.8 Å². The Morgan fingerprint density at radius 2 is 1.72 bits per heavy atom. The van der Waals surface area contributed by atoms with Crippen LogP contribution in [0.25, 0.3) is 22.3 Å². The molecule has 0 aliphatic heterocycles. The van der Waals surface area contributed by atoms with Gasteiger partial charge in [0.1, 0.15) is 17.9 Å². The van der Waals surface area contributed by atoms with Crippen LogP contribution < -0.4 is 24.4 Å². The molecule has 2 aromatic carbocycles.